The van der Waals surface area contributed by atoms with Crippen molar-refractivity contribution in [3.63, 3.8) is 0 Å². The van der Waals surface area contributed by atoms with Gasteiger partial charge >= 0.3 is 0 Å². The van der Waals surface area contributed by atoms with Gasteiger partial charge in [-0.2, -0.15) is 0 Å². The van der Waals surface area contributed by atoms with Crippen LogP contribution in [0.5, 0.6) is 0 Å². The second kappa shape index (κ2) is 12.4. The van der Waals surface area contributed by atoms with E-state index >= 15 is 0 Å². The second-order valence-electron chi connectivity index (χ2n) is 11.2. The van der Waals surface area contributed by atoms with E-state index in [1.54, 1.807) is 17.0 Å². The first-order valence-electron chi connectivity index (χ1n) is 14.4. The van der Waals surface area contributed by atoms with E-state index in [4.69, 9.17) is 0 Å². The third-order valence-electron chi connectivity index (χ3n) is 7.61. The molecule has 0 fully saturated rings. The Hall–Kier alpha value is -4.17. The van der Waals surface area contributed by atoms with Crippen LogP contribution in [0.15, 0.2) is 95.9 Å². The van der Waals surface area contributed by atoms with Crippen molar-refractivity contribution in [1.29, 1.82) is 0 Å². The number of hydrogen-bond acceptors (Lipinski definition) is 4. The molecule has 1 aliphatic rings. The fourth-order valence-electron chi connectivity index (χ4n) is 5.54. The van der Waals surface area contributed by atoms with Crippen molar-refractivity contribution in [3.05, 3.63) is 108 Å². The van der Waals surface area contributed by atoms with Crippen LogP contribution in [-0.2, 0) is 32.6 Å². The van der Waals surface area contributed by atoms with Gasteiger partial charge in [-0.1, -0.05) is 84.4 Å². The summed E-state index contributed by atoms with van der Waals surface area (Å²) < 4.78 is 28.3. The van der Waals surface area contributed by atoms with E-state index in [2.05, 4.69) is 5.32 Å². The first-order valence-corrected chi connectivity index (χ1v) is 15.8. The molecule has 218 valence electrons. The smallest absolute Gasteiger partial charge is 0.265 e. The van der Waals surface area contributed by atoms with Crippen LogP contribution >= 0.6 is 0 Å². The molecule has 0 unspecified atom stereocenters. The van der Waals surface area contributed by atoms with Gasteiger partial charge in [0, 0.05) is 37.4 Å². The predicted molar refractivity (Wildman–Crippen MR) is 167 cm³/mol. The first kappa shape index (κ1) is 29.3. The van der Waals surface area contributed by atoms with E-state index in [1.807, 2.05) is 99.6 Å². The van der Waals surface area contributed by atoms with Crippen molar-refractivity contribution < 1.29 is 18.0 Å². The highest BCUT2D eigenvalue weighted by atomic mass is 32.2. The van der Waals surface area contributed by atoms with Crippen LogP contribution in [0, 0.1) is 6.92 Å². The molecule has 2 amide bonds. The summed E-state index contributed by atoms with van der Waals surface area (Å²) in [6.07, 6.45) is 0.788. The number of carbonyl (C=O) groups is 2. The average Bonchev–Trinajstić information content (AvgIpc) is 3.19. The van der Waals surface area contributed by atoms with Gasteiger partial charge < -0.3 is 10.2 Å². The number of nitrogens with zero attached hydrogens (tertiary/aromatic N) is 2. The molecular weight excluding hydrogens is 546 g/mol. The van der Waals surface area contributed by atoms with Crippen molar-refractivity contribution >= 4 is 38.3 Å². The Morgan fingerprint density at radius 1 is 0.857 bits per heavy atom. The lowest BCUT2D eigenvalue weighted by molar-refractivity contribution is -0.141. The summed E-state index contributed by atoms with van der Waals surface area (Å²) in [5.74, 6) is -0.402. The minimum Gasteiger partial charge on any atom is -0.352 e. The van der Waals surface area contributed by atoms with Gasteiger partial charge in [-0.15, -0.1) is 0 Å². The standard InChI is InChI=1S/C34H37N3O4S/c1-24(2)35-34(39)30(22-26-10-5-4-6-11-26)36(23-27-19-17-25(3)18-20-27)32(38)16-9-21-37-29-14-7-12-28-13-8-15-31(33(28)29)42(37,40)41/h4-8,10-15,17-20,24,30H,9,16,21-23H2,1-3H3,(H,35,39)/t30-/m0/s1. The number of rotatable bonds is 11. The Bertz CT molecular complexity index is 1680. The molecule has 0 saturated heterocycles. The summed E-state index contributed by atoms with van der Waals surface area (Å²) in [5, 5.41) is 4.60. The molecule has 1 heterocycles. The Kier molecular flexibility index (Phi) is 8.64. The van der Waals surface area contributed by atoms with Crippen LogP contribution in [0.4, 0.5) is 5.69 Å². The molecule has 0 spiro atoms. The number of sulfonamides is 1. The molecule has 4 aromatic carbocycles. The Labute approximate surface area is 248 Å². The Morgan fingerprint density at radius 3 is 2.24 bits per heavy atom. The van der Waals surface area contributed by atoms with Crippen molar-refractivity contribution in [2.24, 2.45) is 0 Å². The topological polar surface area (TPSA) is 86.8 Å². The van der Waals surface area contributed by atoms with Crippen LogP contribution in [0.1, 0.15) is 43.4 Å². The molecule has 42 heavy (non-hydrogen) atoms. The summed E-state index contributed by atoms with van der Waals surface area (Å²) in [7, 11) is -3.71. The third-order valence-corrected chi connectivity index (χ3v) is 9.46. The van der Waals surface area contributed by atoms with Gasteiger partial charge in [0.2, 0.25) is 11.8 Å². The average molecular weight is 584 g/mol. The molecule has 0 saturated carbocycles. The predicted octanol–water partition coefficient (Wildman–Crippen LogP) is 5.60. The molecule has 5 rings (SSSR count). The molecular formula is C34H37N3O4S. The van der Waals surface area contributed by atoms with E-state index in [1.165, 1.54) is 4.31 Å². The van der Waals surface area contributed by atoms with Crippen LogP contribution in [-0.4, -0.2) is 43.8 Å². The summed E-state index contributed by atoms with van der Waals surface area (Å²) in [6.45, 7) is 6.25. The molecule has 1 N–H and O–H groups in total. The fraction of sp³-hybridized carbons (Fsp3) is 0.294. The fourth-order valence-corrected chi connectivity index (χ4v) is 7.29. The maximum atomic E-state index is 14.0. The summed E-state index contributed by atoms with van der Waals surface area (Å²) in [4.78, 5) is 29.5. The summed E-state index contributed by atoms with van der Waals surface area (Å²) in [5.41, 5.74) is 3.63. The zero-order valence-electron chi connectivity index (χ0n) is 24.3. The highest BCUT2D eigenvalue weighted by Gasteiger charge is 2.36. The number of amides is 2. The van der Waals surface area contributed by atoms with Gasteiger partial charge in [0.1, 0.15) is 6.04 Å². The maximum absolute atomic E-state index is 14.0. The summed E-state index contributed by atoms with van der Waals surface area (Å²) in [6, 6.07) is 27.7. The molecule has 7 nitrogen and oxygen atoms in total. The lowest BCUT2D eigenvalue weighted by Gasteiger charge is -2.32. The molecule has 0 aromatic heterocycles. The maximum Gasteiger partial charge on any atom is 0.265 e. The molecule has 0 bridgehead atoms. The van der Waals surface area contributed by atoms with E-state index in [9.17, 15) is 18.0 Å². The zero-order valence-corrected chi connectivity index (χ0v) is 25.1. The first-order chi connectivity index (χ1) is 20.1. The van der Waals surface area contributed by atoms with E-state index in [0.717, 1.165) is 27.5 Å². The van der Waals surface area contributed by atoms with Gasteiger partial charge in [0.05, 0.1) is 10.6 Å². The minimum atomic E-state index is -3.71. The van der Waals surface area contributed by atoms with E-state index in [-0.39, 0.29) is 37.4 Å². The van der Waals surface area contributed by atoms with E-state index < -0.39 is 16.1 Å². The molecule has 8 heteroatoms. The van der Waals surface area contributed by atoms with Crippen molar-refractivity contribution in [1.82, 2.24) is 10.2 Å². The quantitative estimate of drug-likeness (QED) is 0.249. The second-order valence-corrected chi connectivity index (χ2v) is 13.0. The Balaban J connectivity index is 1.39. The van der Waals surface area contributed by atoms with Gasteiger partial charge in [-0.25, -0.2) is 8.42 Å². The number of nitrogens with one attached hydrogen (secondary N) is 1. The van der Waals surface area contributed by atoms with Crippen molar-refractivity contribution in [2.45, 2.75) is 63.6 Å². The number of aryl methyl sites for hydroxylation is 1. The third kappa shape index (κ3) is 6.19. The zero-order chi connectivity index (χ0) is 29.9. The molecule has 1 aliphatic heterocycles. The van der Waals surface area contributed by atoms with Crippen LogP contribution < -0.4 is 9.62 Å². The number of anilines is 1. The monoisotopic (exact) mass is 583 g/mol. The lowest BCUT2D eigenvalue weighted by Crippen LogP contribution is -2.51. The van der Waals surface area contributed by atoms with Crippen molar-refractivity contribution in [2.75, 3.05) is 10.8 Å². The molecule has 4 aromatic rings. The van der Waals surface area contributed by atoms with Crippen molar-refractivity contribution in [3.8, 4) is 0 Å². The Morgan fingerprint density at radius 2 is 1.55 bits per heavy atom. The minimum absolute atomic E-state index is 0.0863. The van der Waals surface area contributed by atoms with Gasteiger partial charge in [-0.05, 0) is 55.8 Å². The SMILES string of the molecule is Cc1ccc(CN(C(=O)CCCN2c3cccc4cccc(c34)S2(=O)=O)[C@@H](Cc2ccccc2)C(=O)NC(C)C)cc1. The van der Waals surface area contributed by atoms with Gasteiger partial charge in [0.15, 0.2) is 0 Å². The van der Waals surface area contributed by atoms with Gasteiger partial charge in [0.25, 0.3) is 10.0 Å². The number of carbonyl (C=O) groups excluding carboxylic acids is 2. The number of hydrogen-bond donors (Lipinski definition) is 1. The molecule has 0 radical (unpaired) electrons. The van der Waals surface area contributed by atoms with Crippen LogP contribution in [0.2, 0.25) is 0 Å². The summed E-state index contributed by atoms with van der Waals surface area (Å²) >= 11 is 0. The largest absolute Gasteiger partial charge is 0.352 e. The van der Waals surface area contributed by atoms with Crippen LogP contribution in [0.3, 0.4) is 0 Å². The highest BCUT2D eigenvalue weighted by molar-refractivity contribution is 7.93. The normalized spacial score (nSPS) is 14.2. The van der Waals surface area contributed by atoms with Gasteiger partial charge in [-0.3, -0.25) is 13.9 Å². The van der Waals surface area contributed by atoms with E-state index in [0.29, 0.717) is 23.4 Å². The molecule has 0 aliphatic carbocycles. The highest BCUT2D eigenvalue weighted by Crippen LogP contribution is 2.42. The lowest BCUT2D eigenvalue weighted by atomic mass is 10.0. The van der Waals surface area contributed by atoms with Crippen LogP contribution in [0.25, 0.3) is 10.8 Å². The molecule has 1 atom stereocenters. The number of benzene rings is 4.